The van der Waals surface area contributed by atoms with Gasteiger partial charge in [-0.2, -0.15) is 0 Å². The zero-order chi connectivity index (χ0) is 13.9. The van der Waals surface area contributed by atoms with Crippen LogP contribution in [0.3, 0.4) is 0 Å². The fourth-order valence-electron chi connectivity index (χ4n) is 3.14. The normalized spacial score (nSPS) is 25.2. The Bertz CT molecular complexity index is 395. The lowest BCUT2D eigenvalue weighted by Gasteiger charge is -2.34. The van der Waals surface area contributed by atoms with Crippen LogP contribution < -0.4 is 0 Å². The Labute approximate surface area is 122 Å². The van der Waals surface area contributed by atoms with Crippen molar-refractivity contribution >= 4 is 11.6 Å². The first-order valence-corrected chi connectivity index (χ1v) is 7.84. The standard InChI is InChI=1S/C17H25ClO/c1-4-17(13-18,14-8-6-5-7-9-14)12-15-10-11-16(2,3)19-15/h5-9,15H,4,10-13H2,1-3H3. The van der Waals surface area contributed by atoms with E-state index in [1.165, 1.54) is 5.56 Å². The first-order valence-electron chi connectivity index (χ1n) is 7.31. The Kier molecular flexibility index (Phi) is 4.58. The number of ether oxygens (including phenoxy) is 1. The quantitative estimate of drug-likeness (QED) is 0.696. The SMILES string of the molecule is CCC(CCl)(CC1CCC(C)(C)O1)c1ccccc1. The molecule has 2 rings (SSSR count). The second kappa shape index (κ2) is 5.85. The molecule has 1 fully saturated rings. The molecule has 0 N–H and O–H groups in total. The smallest absolute Gasteiger partial charge is 0.0631 e. The van der Waals surface area contributed by atoms with E-state index >= 15 is 0 Å². The van der Waals surface area contributed by atoms with E-state index in [4.69, 9.17) is 16.3 Å². The molecule has 1 aromatic carbocycles. The third-order valence-electron chi connectivity index (χ3n) is 4.49. The zero-order valence-electron chi connectivity index (χ0n) is 12.3. The van der Waals surface area contributed by atoms with E-state index in [0.717, 1.165) is 25.7 Å². The van der Waals surface area contributed by atoms with Gasteiger partial charge in [-0.05, 0) is 45.1 Å². The molecule has 0 radical (unpaired) electrons. The van der Waals surface area contributed by atoms with Crippen LogP contribution in [0.5, 0.6) is 0 Å². The molecule has 0 amide bonds. The molecule has 0 saturated carbocycles. The van der Waals surface area contributed by atoms with Crippen LogP contribution in [-0.4, -0.2) is 17.6 Å². The first kappa shape index (κ1) is 14.9. The number of halogens is 1. The van der Waals surface area contributed by atoms with Gasteiger partial charge < -0.3 is 4.74 Å². The minimum absolute atomic E-state index is 0.0349. The molecule has 1 aliphatic heterocycles. The monoisotopic (exact) mass is 280 g/mol. The average Bonchev–Trinajstić information content (AvgIpc) is 2.76. The second-order valence-corrected chi connectivity index (χ2v) is 6.64. The molecule has 19 heavy (non-hydrogen) atoms. The summed E-state index contributed by atoms with van der Waals surface area (Å²) in [6.07, 6.45) is 4.72. The molecule has 1 nitrogen and oxygen atoms in total. The van der Waals surface area contributed by atoms with Gasteiger partial charge in [-0.15, -0.1) is 11.6 Å². The van der Waals surface area contributed by atoms with E-state index in [-0.39, 0.29) is 11.0 Å². The topological polar surface area (TPSA) is 9.23 Å². The van der Waals surface area contributed by atoms with Crippen LogP contribution in [0, 0.1) is 0 Å². The van der Waals surface area contributed by atoms with Gasteiger partial charge in [0, 0.05) is 11.3 Å². The van der Waals surface area contributed by atoms with Gasteiger partial charge in [-0.1, -0.05) is 37.3 Å². The minimum Gasteiger partial charge on any atom is -0.372 e. The van der Waals surface area contributed by atoms with Crippen molar-refractivity contribution in [3.05, 3.63) is 35.9 Å². The van der Waals surface area contributed by atoms with Crippen LogP contribution in [0.15, 0.2) is 30.3 Å². The van der Waals surface area contributed by atoms with Gasteiger partial charge in [-0.25, -0.2) is 0 Å². The highest BCUT2D eigenvalue weighted by Gasteiger charge is 2.38. The number of alkyl halides is 1. The van der Waals surface area contributed by atoms with Crippen molar-refractivity contribution < 1.29 is 4.74 Å². The zero-order valence-corrected chi connectivity index (χ0v) is 13.0. The maximum absolute atomic E-state index is 6.35. The number of rotatable bonds is 5. The largest absolute Gasteiger partial charge is 0.372 e. The number of benzene rings is 1. The fourth-order valence-corrected chi connectivity index (χ4v) is 3.59. The summed E-state index contributed by atoms with van der Waals surface area (Å²) in [6, 6.07) is 10.7. The number of hydrogen-bond acceptors (Lipinski definition) is 1. The highest BCUT2D eigenvalue weighted by molar-refractivity contribution is 6.18. The maximum atomic E-state index is 6.35. The average molecular weight is 281 g/mol. The molecule has 0 aromatic heterocycles. The van der Waals surface area contributed by atoms with Crippen LogP contribution >= 0.6 is 11.6 Å². The minimum atomic E-state index is 0.0349. The van der Waals surface area contributed by atoms with Crippen molar-refractivity contribution in [2.45, 2.75) is 63.6 Å². The summed E-state index contributed by atoms with van der Waals surface area (Å²) in [6.45, 7) is 6.60. The van der Waals surface area contributed by atoms with Gasteiger partial charge in [0.25, 0.3) is 0 Å². The van der Waals surface area contributed by atoms with Crippen molar-refractivity contribution in [2.75, 3.05) is 5.88 Å². The predicted octanol–water partition coefficient (Wildman–Crippen LogP) is 4.92. The second-order valence-electron chi connectivity index (χ2n) is 6.38. The Hall–Kier alpha value is -0.530. The van der Waals surface area contributed by atoms with Gasteiger partial charge in [0.2, 0.25) is 0 Å². The molecule has 0 spiro atoms. The molecule has 1 saturated heterocycles. The van der Waals surface area contributed by atoms with E-state index in [0.29, 0.717) is 12.0 Å². The van der Waals surface area contributed by atoms with Crippen molar-refractivity contribution in [3.63, 3.8) is 0 Å². The molecular formula is C17H25ClO. The Balaban J connectivity index is 2.17. The van der Waals surface area contributed by atoms with Gasteiger partial charge in [0.15, 0.2) is 0 Å². The van der Waals surface area contributed by atoms with Crippen LogP contribution in [-0.2, 0) is 10.2 Å². The summed E-state index contributed by atoms with van der Waals surface area (Å²) in [5, 5.41) is 0. The summed E-state index contributed by atoms with van der Waals surface area (Å²) >= 11 is 6.35. The van der Waals surface area contributed by atoms with Crippen LogP contribution in [0.4, 0.5) is 0 Å². The van der Waals surface area contributed by atoms with E-state index < -0.39 is 0 Å². The van der Waals surface area contributed by atoms with E-state index in [9.17, 15) is 0 Å². The molecule has 2 atom stereocenters. The van der Waals surface area contributed by atoms with Gasteiger partial charge in [0.1, 0.15) is 0 Å². The van der Waals surface area contributed by atoms with Crippen molar-refractivity contribution in [2.24, 2.45) is 0 Å². The van der Waals surface area contributed by atoms with Crippen molar-refractivity contribution in [3.8, 4) is 0 Å². The highest BCUT2D eigenvalue weighted by Crippen LogP contribution is 2.40. The molecule has 1 heterocycles. The maximum Gasteiger partial charge on any atom is 0.0631 e. The summed E-state index contributed by atoms with van der Waals surface area (Å²) in [7, 11) is 0. The Morgan fingerprint density at radius 1 is 1.32 bits per heavy atom. The molecule has 0 aliphatic carbocycles. The summed E-state index contributed by atoms with van der Waals surface area (Å²) in [4.78, 5) is 0. The summed E-state index contributed by atoms with van der Waals surface area (Å²) in [5.74, 6) is 0.661. The number of hydrogen-bond donors (Lipinski definition) is 0. The fraction of sp³-hybridized carbons (Fsp3) is 0.647. The lowest BCUT2D eigenvalue weighted by molar-refractivity contribution is -0.0265. The molecule has 1 aliphatic rings. The van der Waals surface area contributed by atoms with E-state index in [1.54, 1.807) is 0 Å². The van der Waals surface area contributed by atoms with Crippen LogP contribution in [0.2, 0.25) is 0 Å². The molecule has 2 unspecified atom stereocenters. The van der Waals surface area contributed by atoms with Gasteiger partial charge >= 0.3 is 0 Å². The first-order chi connectivity index (χ1) is 9.01. The molecular weight excluding hydrogens is 256 g/mol. The van der Waals surface area contributed by atoms with Crippen molar-refractivity contribution in [1.82, 2.24) is 0 Å². The third-order valence-corrected chi connectivity index (χ3v) is 5.00. The molecule has 0 bridgehead atoms. The molecule has 1 aromatic rings. The molecule has 106 valence electrons. The lowest BCUT2D eigenvalue weighted by atomic mass is 9.75. The summed E-state index contributed by atoms with van der Waals surface area (Å²) < 4.78 is 6.17. The summed E-state index contributed by atoms with van der Waals surface area (Å²) in [5.41, 5.74) is 1.43. The van der Waals surface area contributed by atoms with Gasteiger partial charge in [0.05, 0.1) is 11.7 Å². The van der Waals surface area contributed by atoms with E-state index in [1.807, 2.05) is 0 Å². The molecule has 2 heteroatoms. The predicted molar refractivity (Wildman–Crippen MR) is 81.9 cm³/mol. The third kappa shape index (κ3) is 3.32. The Morgan fingerprint density at radius 2 is 2.00 bits per heavy atom. The lowest BCUT2D eigenvalue weighted by Crippen LogP contribution is -2.33. The van der Waals surface area contributed by atoms with E-state index in [2.05, 4.69) is 51.1 Å². The Morgan fingerprint density at radius 3 is 2.47 bits per heavy atom. The van der Waals surface area contributed by atoms with Crippen LogP contribution in [0.25, 0.3) is 0 Å². The van der Waals surface area contributed by atoms with Gasteiger partial charge in [-0.3, -0.25) is 0 Å². The van der Waals surface area contributed by atoms with Crippen LogP contribution in [0.1, 0.15) is 52.0 Å². The highest BCUT2D eigenvalue weighted by atomic mass is 35.5. The van der Waals surface area contributed by atoms with Crippen molar-refractivity contribution in [1.29, 1.82) is 0 Å².